The van der Waals surface area contributed by atoms with E-state index in [9.17, 15) is 13.2 Å². The summed E-state index contributed by atoms with van der Waals surface area (Å²) in [5.74, 6) is -0.0654. The van der Waals surface area contributed by atoms with Crippen molar-refractivity contribution in [2.45, 2.75) is 18.7 Å². The molecule has 0 saturated carbocycles. The van der Waals surface area contributed by atoms with Crippen molar-refractivity contribution < 1.29 is 17.9 Å². The molecule has 168 valence electrons. The molecule has 0 aliphatic heterocycles. The molecule has 0 unspecified atom stereocenters. The third kappa shape index (κ3) is 5.73. The number of aryl methyl sites for hydroxylation is 2. The van der Waals surface area contributed by atoms with Crippen LogP contribution >= 0.6 is 23.2 Å². The minimum atomic E-state index is -3.86. The zero-order chi connectivity index (χ0) is 23.5. The van der Waals surface area contributed by atoms with Crippen molar-refractivity contribution in [3.05, 3.63) is 81.8 Å². The second-order valence-corrected chi connectivity index (χ2v) is 9.74. The van der Waals surface area contributed by atoms with Gasteiger partial charge in [0.05, 0.1) is 9.92 Å². The van der Waals surface area contributed by atoms with E-state index in [1.807, 2.05) is 32.0 Å². The Morgan fingerprint density at radius 2 is 1.66 bits per heavy atom. The van der Waals surface area contributed by atoms with Crippen molar-refractivity contribution in [1.82, 2.24) is 0 Å². The molecule has 0 spiro atoms. The number of sulfonamides is 1. The maximum absolute atomic E-state index is 12.6. The van der Waals surface area contributed by atoms with Crippen LogP contribution in [0.5, 0.6) is 5.75 Å². The summed E-state index contributed by atoms with van der Waals surface area (Å²) in [5.41, 5.74) is 3.33. The average Bonchev–Trinajstić information content (AvgIpc) is 2.75. The van der Waals surface area contributed by atoms with Crippen molar-refractivity contribution in [2.24, 2.45) is 0 Å². The Hall–Kier alpha value is -2.74. The van der Waals surface area contributed by atoms with Crippen LogP contribution in [0.1, 0.15) is 11.1 Å². The molecule has 6 nitrogen and oxygen atoms in total. The van der Waals surface area contributed by atoms with E-state index in [2.05, 4.69) is 4.72 Å². The number of hydrogen-bond donors (Lipinski definition) is 1. The van der Waals surface area contributed by atoms with Gasteiger partial charge >= 0.3 is 0 Å². The fourth-order valence-corrected chi connectivity index (χ4v) is 4.32. The van der Waals surface area contributed by atoms with Crippen molar-refractivity contribution in [1.29, 1.82) is 0 Å². The zero-order valence-electron chi connectivity index (χ0n) is 17.7. The number of hydrogen-bond acceptors (Lipinski definition) is 4. The molecule has 3 aromatic rings. The number of amides is 1. The summed E-state index contributed by atoms with van der Waals surface area (Å²) in [6.45, 7) is 3.73. The van der Waals surface area contributed by atoms with Crippen molar-refractivity contribution in [3.8, 4) is 5.75 Å². The SMILES string of the molecule is Cc1ccc(N(C)C(=O)COc2ccc(S(=O)(=O)Nc3ccc(Cl)cc3)cc2Cl)cc1C. The Morgan fingerprint density at radius 1 is 0.969 bits per heavy atom. The minimum Gasteiger partial charge on any atom is -0.482 e. The highest BCUT2D eigenvalue weighted by Gasteiger charge is 2.18. The van der Waals surface area contributed by atoms with Crippen LogP contribution < -0.4 is 14.4 Å². The van der Waals surface area contributed by atoms with Gasteiger partial charge in [0, 0.05) is 23.4 Å². The summed E-state index contributed by atoms with van der Waals surface area (Å²) in [7, 11) is -2.20. The zero-order valence-corrected chi connectivity index (χ0v) is 20.1. The maximum atomic E-state index is 12.6. The molecule has 9 heteroatoms. The van der Waals surface area contributed by atoms with Gasteiger partial charge in [-0.15, -0.1) is 0 Å². The molecule has 0 aromatic heterocycles. The fourth-order valence-electron chi connectivity index (χ4n) is 2.81. The van der Waals surface area contributed by atoms with Gasteiger partial charge in [-0.2, -0.15) is 0 Å². The second kappa shape index (κ2) is 9.81. The van der Waals surface area contributed by atoms with E-state index < -0.39 is 10.0 Å². The van der Waals surface area contributed by atoms with Crippen molar-refractivity contribution in [3.63, 3.8) is 0 Å². The van der Waals surface area contributed by atoms with E-state index in [0.717, 1.165) is 16.8 Å². The number of anilines is 2. The Bertz CT molecular complexity index is 1250. The molecule has 1 amide bonds. The average molecular weight is 493 g/mol. The molecule has 3 aromatic carbocycles. The van der Waals surface area contributed by atoms with Crippen LogP contribution in [0, 0.1) is 13.8 Å². The molecule has 0 saturated heterocycles. The standard InChI is InChI=1S/C23H22Cl2N2O4S/c1-15-4-9-19(12-16(15)2)27(3)23(28)14-31-22-11-10-20(13-21(22)25)32(29,30)26-18-7-5-17(24)6-8-18/h4-13,26H,14H2,1-3H3. The summed E-state index contributed by atoms with van der Waals surface area (Å²) >= 11 is 12.0. The number of halogens is 2. The maximum Gasteiger partial charge on any atom is 0.264 e. The molecule has 3 rings (SSSR count). The number of carbonyl (C=O) groups is 1. The normalized spacial score (nSPS) is 11.2. The summed E-state index contributed by atoms with van der Waals surface area (Å²) < 4.78 is 33.2. The first-order valence-corrected chi connectivity index (χ1v) is 11.9. The van der Waals surface area contributed by atoms with Gasteiger partial charge < -0.3 is 9.64 Å². The van der Waals surface area contributed by atoms with Gasteiger partial charge in [0.2, 0.25) is 0 Å². The first-order chi connectivity index (χ1) is 15.1. The third-order valence-electron chi connectivity index (χ3n) is 4.91. The monoisotopic (exact) mass is 492 g/mol. The molecule has 0 fully saturated rings. The molecular formula is C23H22Cl2N2O4S. The lowest BCUT2D eigenvalue weighted by atomic mass is 10.1. The second-order valence-electron chi connectivity index (χ2n) is 7.21. The summed E-state index contributed by atoms with van der Waals surface area (Å²) in [6.07, 6.45) is 0. The van der Waals surface area contributed by atoms with Crippen LogP contribution in [-0.2, 0) is 14.8 Å². The Kier molecular flexibility index (Phi) is 7.33. The summed E-state index contributed by atoms with van der Waals surface area (Å²) in [4.78, 5) is 14.0. The van der Waals surface area contributed by atoms with Gasteiger partial charge in [0.15, 0.2) is 6.61 Å². The van der Waals surface area contributed by atoms with Crippen LogP contribution in [0.25, 0.3) is 0 Å². The fraction of sp³-hybridized carbons (Fsp3) is 0.174. The summed E-state index contributed by atoms with van der Waals surface area (Å²) in [5, 5.41) is 0.570. The molecular weight excluding hydrogens is 471 g/mol. The van der Waals surface area contributed by atoms with E-state index in [1.165, 1.54) is 23.1 Å². The number of nitrogens with zero attached hydrogens (tertiary/aromatic N) is 1. The van der Waals surface area contributed by atoms with Gasteiger partial charge in [-0.05, 0) is 79.6 Å². The van der Waals surface area contributed by atoms with E-state index in [0.29, 0.717) is 10.7 Å². The topological polar surface area (TPSA) is 75.7 Å². The number of rotatable bonds is 7. The van der Waals surface area contributed by atoms with E-state index >= 15 is 0 Å². The largest absolute Gasteiger partial charge is 0.482 e. The number of carbonyl (C=O) groups excluding carboxylic acids is 1. The van der Waals surface area contributed by atoms with Crippen LogP contribution in [0.3, 0.4) is 0 Å². The third-order valence-corrected chi connectivity index (χ3v) is 6.84. The van der Waals surface area contributed by atoms with E-state index in [1.54, 1.807) is 31.3 Å². The van der Waals surface area contributed by atoms with Crippen LogP contribution in [0.15, 0.2) is 65.6 Å². The van der Waals surface area contributed by atoms with Crippen molar-refractivity contribution in [2.75, 3.05) is 23.3 Å². The van der Waals surface area contributed by atoms with E-state index in [4.69, 9.17) is 27.9 Å². The Morgan fingerprint density at radius 3 is 2.28 bits per heavy atom. The van der Waals surface area contributed by atoms with Crippen LogP contribution in [0.2, 0.25) is 10.0 Å². The molecule has 0 radical (unpaired) electrons. The Labute approximate surface area is 197 Å². The summed E-state index contributed by atoms with van der Waals surface area (Å²) in [6, 6.07) is 16.0. The minimum absolute atomic E-state index is 0.0385. The highest BCUT2D eigenvalue weighted by atomic mass is 35.5. The smallest absolute Gasteiger partial charge is 0.264 e. The first-order valence-electron chi connectivity index (χ1n) is 9.61. The highest BCUT2D eigenvalue weighted by molar-refractivity contribution is 7.92. The number of likely N-dealkylation sites (N-methyl/N-ethyl adjacent to an activating group) is 1. The highest BCUT2D eigenvalue weighted by Crippen LogP contribution is 2.29. The van der Waals surface area contributed by atoms with Gasteiger partial charge in [0.25, 0.3) is 15.9 Å². The quantitative estimate of drug-likeness (QED) is 0.475. The predicted molar refractivity (Wildman–Crippen MR) is 129 cm³/mol. The number of nitrogens with one attached hydrogen (secondary N) is 1. The van der Waals surface area contributed by atoms with Crippen molar-refractivity contribution >= 4 is 50.5 Å². The first kappa shape index (κ1) is 23.9. The number of benzene rings is 3. The molecule has 32 heavy (non-hydrogen) atoms. The lowest BCUT2D eigenvalue weighted by Crippen LogP contribution is -2.31. The predicted octanol–water partition coefficient (Wildman–Crippen LogP) is 5.45. The lowest BCUT2D eigenvalue weighted by Gasteiger charge is -2.19. The molecule has 0 atom stereocenters. The van der Waals surface area contributed by atoms with Gasteiger partial charge in [-0.25, -0.2) is 8.42 Å². The van der Waals surface area contributed by atoms with Gasteiger partial charge in [-0.1, -0.05) is 29.3 Å². The van der Waals surface area contributed by atoms with Gasteiger partial charge in [0.1, 0.15) is 5.75 Å². The lowest BCUT2D eigenvalue weighted by molar-refractivity contribution is -0.120. The molecule has 1 N–H and O–H groups in total. The van der Waals surface area contributed by atoms with Crippen LogP contribution in [0.4, 0.5) is 11.4 Å². The van der Waals surface area contributed by atoms with Gasteiger partial charge in [-0.3, -0.25) is 9.52 Å². The molecule has 0 aliphatic rings. The Balaban J connectivity index is 1.67. The van der Waals surface area contributed by atoms with E-state index in [-0.39, 0.29) is 28.2 Å². The molecule has 0 heterocycles. The number of ether oxygens (including phenoxy) is 1. The molecule has 0 bridgehead atoms. The molecule has 0 aliphatic carbocycles. The van der Waals surface area contributed by atoms with Crippen LogP contribution in [-0.4, -0.2) is 28.0 Å².